The first-order valence-corrected chi connectivity index (χ1v) is 8.71. The minimum atomic E-state index is -0.0955. The van der Waals surface area contributed by atoms with Crippen molar-refractivity contribution in [1.29, 1.82) is 0 Å². The van der Waals surface area contributed by atoms with E-state index in [0.29, 0.717) is 12.6 Å². The highest BCUT2D eigenvalue weighted by Crippen LogP contribution is 2.34. The fourth-order valence-corrected chi connectivity index (χ4v) is 4.05. The molecule has 1 aromatic rings. The van der Waals surface area contributed by atoms with Crippen molar-refractivity contribution < 1.29 is 9.84 Å². The first-order chi connectivity index (χ1) is 9.60. The molecule has 5 heteroatoms. The zero-order chi connectivity index (χ0) is 14.5. The molecule has 0 unspecified atom stereocenters. The van der Waals surface area contributed by atoms with E-state index in [1.54, 1.807) is 0 Å². The van der Waals surface area contributed by atoms with Crippen LogP contribution in [0.2, 0.25) is 0 Å². The molecule has 0 spiro atoms. The summed E-state index contributed by atoms with van der Waals surface area (Å²) in [6, 6.07) is 4.71. The first-order valence-electron chi connectivity index (χ1n) is 7.12. The van der Waals surface area contributed by atoms with Crippen molar-refractivity contribution in [1.82, 2.24) is 5.32 Å². The molecule has 1 aromatic carbocycles. The van der Waals surface area contributed by atoms with E-state index in [4.69, 9.17) is 4.74 Å². The number of ether oxygens (including phenoxy) is 1. The monoisotopic (exact) mass is 405 g/mol. The minimum absolute atomic E-state index is 0.0955. The van der Waals surface area contributed by atoms with Gasteiger partial charge in [0.25, 0.3) is 0 Å². The summed E-state index contributed by atoms with van der Waals surface area (Å²) < 4.78 is 7.54. The van der Waals surface area contributed by atoms with Crippen LogP contribution in [0.3, 0.4) is 0 Å². The molecule has 0 bridgehead atoms. The Morgan fingerprint density at radius 2 is 1.80 bits per heavy atom. The van der Waals surface area contributed by atoms with Gasteiger partial charge in [0, 0.05) is 12.6 Å². The normalized spacial score (nSPS) is 22.8. The lowest BCUT2D eigenvalue weighted by Crippen LogP contribution is -2.34. The van der Waals surface area contributed by atoms with Crippen LogP contribution in [0.4, 0.5) is 0 Å². The van der Waals surface area contributed by atoms with Crippen LogP contribution in [0.1, 0.15) is 38.2 Å². The van der Waals surface area contributed by atoms with Crippen LogP contribution < -0.4 is 10.1 Å². The lowest BCUT2D eigenvalue weighted by Gasteiger charge is -2.26. The SMILES string of the molecule is CCOc1c(Br)cc(CNC2CCC(O)CC2)cc1Br. The summed E-state index contributed by atoms with van der Waals surface area (Å²) in [6.45, 7) is 3.47. The van der Waals surface area contributed by atoms with Crippen LogP contribution in [0, 0.1) is 0 Å². The molecule has 2 N–H and O–H groups in total. The van der Waals surface area contributed by atoms with Gasteiger partial charge >= 0.3 is 0 Å². The second kappa shape index (κ2) is 7.78. The van der Waals surface area contributed by atoms with E-state index in [9.17, 15) is 5.11 Å². The minimum Gasteiger partial charge on any atom is -0.492 e. The van der Waals surface area contributed by atoms with Crippen LogP contribution in [0.25, 0.3) is 0 Å². The lowest BCUT2D eigenvalue weighted by atomic mass is 9.93. The number of halogens is 2. The molecule has 0 amide bonds. The van der Waals surface area contributed by atoms with Crippen molar-refractivity contribution in [3.05, 3.63) is 26.6 Å². The maximum absolute atomic E-state index is 9.51. The van der Waals surface area contributed by atoms with Gasteiger partial charge in [0.15, 0.2) is 0 Å². The average molecular weight is 407 g/mol. The van der Waals surface area contributed by atoms with Crippen molar-refractivity contribution >= 4 is 31.9 Å². The third-order valence-corrected chi connectivity index (χ3v) is 4.82. The van der Waals surface area contributed by atoms with Gasteiger partial charge in [-0.05, 0) is 82.2 Å². The fraction of sp³-hybridized carbons (Fsp3) is 0.600. The highest BCUT2D eigenvalue weighted by Gasteiger charge is 2.19. The quantitative estimate of drug-likeness (QED) is 0.776. The maximum Gasteiger partial charge on any atom is 0.147 e. The molecule has 112 valence electrons. The maximum atomic E-state index is 9.51. The summed E-state index contributed by atoms with van der Waals surface area (Å²) in [7, 11) is 0. The molecule has 1 aliphatic carbocycles. The number of hydrogen-bond acceptors (Lipinski definition) is 3. The molecule has 0 atom stereocenters. The van der Waals surface area contributed by atoms with Crippen LogP contribution in [0.15, 0.2) is 21.1 Å². The Morgan fingerprint density at radius 3 is 2.35 bits per heavy atom. The summed E-state index contributed by atoms with van der Waals surface area (Å²) >= 11 is 7.11. The highest BCUT2D eigenvalue weighted by atomic mass is 79.9. The number of nitrogens with one attached hydrogen (secondary N) is 1. The topological polar surface area (TPSA) is 41.5 Å². The number of benzene rings is 1. The summed E-state index contributed by atoms with van der Waals surface area (Å²) in [5.41, 5.74) is 1.22. The standard InChI is InChI=1S/C15H21Br2NO2/c1-2-20-15-13(16)7-10(8-14(15)17)9-18-11-3-5-12(19)6-4-11/h7-8,11-12,18-19H,2-6,9H2,1H3. The van der Waals surface area contributed by atoms with E-state index in [1.165, 1.54) is 5.56 Å². The highest BCUT2D eigenvalue weighted by molar-refractivity contribution is 9.11. The van der Waals surface area contributed by atoms with Crippen LogP contribution in [-0.2, 0) is 6.54 Å². The zero-order valence-electron chi connectivity index (χ0n) is 11.7. The molecule has 0 heterocycles. The Bertz CT molecular complexity index is 422. The van der Waals surface area contributed by atoms with E-state index < -0.39 is 0 Å². The van der Waals surface area contributed by atoms with Gasteiger partial charge in [-0.3, -0.25) is 0 Å². The molecular formula is C15H21Br2NO2. The van der Waals surface area contributed by atoms with Gasteiger partial charge in [-0.15, -0.1) is 0 Å². The van der Waals surface area contributed by atoms with E-state index in [2.05, 4.69) is 49.3 Å². The Kier molecular flexibility index (Phi) is 6.33. The van der Waals surface area contributed by atoms with E-state index in [-0.39, 0.29) is 6.10 Å². The van der Waals surface area contributed by atoms with Crippen LogP contribution >= 0.6 is 31.9 Å². The third kappa shape index (κ3) is 4.45. The summed E-state index contributed by atoms with van der Waals surface area (Å²) in [6.07, 6.45) is 3.84. The van der Waals surface area contributed by atoms with Crippen molar-refractivity contribution in [3.63, 3.8) is 0 Å². The molecular weight excluding hydrogens is 386 g/mol. The van der Waals surface area contributed by atoms with Gasteiger partial charge in [0.05, 0.1) is 21.7 Å². The summed E-state index contributed by atoms with van der Waals surface area (Å²) in [4.78, 5) is 0. The third-order valence-electron chi connectivity index (χ3n) is 3.64. The molecule has 2 rings (SSSR count). The zero-order valence-corrected chi connectivity index (χ0v) is 14.8. The molecule has 0 aromatic heterocycles. The van der Waals surface area contributed by atoms with Crippen LogP contribution in [0.5, 0.6) is 5.75 Å². The van der Waals surface area contributed by atoms with Crippen molar-refractivity contribution in [3.8, 4) is 5.75 Å². The van der Waals surface area contributed by atoms with Crippen molar-refractivity contribution in [2.75, 3.05) is 6.61 Å². The molecule has 1 saturated carbocycles. The van der Waals surface area contributed by atoms with Gasteiger partial charge in [0.2, 0.25) is 0 Å². The smallest absolute Gasteiger partial charge is 0.147 e. The van der Waals surface area contributed by atoms with Gasteiger partial charge in [-0.25, -0.2) is 0 Å². The Labute approximate surface area is 137 Å². The van der Waals surface area contributed by atoms with Crippen LogP contribution in [-0.4, -0.2) is 23.9 Å². The summed E-state index contributed by atoms with van der Waals surface area (Å²) in [5.74, 6) is 0.858. The number of aliphatic hydroxyl groups is 1. The Hall–Kier alpha value is -0.100. The van der Waals surface area contributed by atoms with Gasteiger partial charge < -0.3 is 15.2 Å². The first kappa shape index (κ1) is 16.3. The van der Waals surface area contributed by atoms with E-state index in [1.807, 2.05) is 6.92 Å². The molecule has 1 fully saturated rings. The average Bonchev–Trinajstić information content (AvgIpc) is 2.42. The van der Waals surface area contributed by atoms with Crippen molar-refractivity contribution in [2.45, 2.75) is 51.3 Å². The van der Waals surface area contributed by atoms with E-state index in [0.717, 1.165) is 46.9 Å². The molecule has 1 aliphatic rings. The largest absolute Gasteiger partial charge is 0.492 e. The molecule has 0 radical (unpaired) electrons. The van der Waals surface area contributed by atoms with Crippen molar-refractivity contribution in [2.24, 2.45) is 0 Å². The molecule has 3 nitrogen and oxygen atoms in total. The Balaban J connectivity index is 1.93. The molecule has 0 aliphatic heterocycles. The Morgan fingerprint density at radius 1 is 1.20 bits per heavy atom. The number of hydrogen-bond donors (Lipinski definition) is 2. The predicted octanol–water partition coefficient (Wildman–Crippen LogP) is 4.00. The van der Waals surface area contributed by atoms with E-state index >= 15 is 0 Å². The number of rotatable bonds is 5. The lowest BCUT2D eigenvalue weighted by molar-refractivity contribution is 0.116. The predicted molar refractivity (Wildman–Crippen MR) is 88.1 cm³/mol. The fourth-order valence-electron chi connectivity index (χ4n) is 2.54. The molecule has 0 saturated heterocycles. The second-order valence-corrected chi connectivity index (χ2v) is 6.92. The van der Waals surface area contributed by atoms with Gasteiger partial charge in [0.1, 0.15) is 5.75 Å². The number of aliphatic hydroxyl groups excluding tert-OH is 1. The second-order valence-electron chi connectivity index (χ2n) is 5.21. The molecule has 20 heavy (non-hydrogen) atoms. The summed E-state index contributed by atoms with van der Waals surface area (Å²) in [5, 5.41) is 13.1. The van der Waals surface area contributed by atoms with Gasteiger partial charge in [-0.2, -0.15) is 0 Å². The van der Waals surface area contributed by atoms with Gasteiger partial charge in [-0.1, -0.05) is 0 Å².